The lowest BCUT2D eigenvalue weighted by atomic mass is 9.80. The van der Waals surface area contributed by atoms with E-state index in [1.165, 1.54) is 33.4 Å². The third-order valence-corrected chi connectivity index (χ3v) is 8.06. The summed E-state index contributed by atoms with van der Waals surface area (Å²) < 4.78 is 29.2. The lowest BCUT2D eigenvalue weighted by Gasteiger charge is -2.28. The average Bonchev–Trinajstić information content (AvgIpc) is 2.79. The van der Waals surface area contributed by atoms with E-state index in [2.05, 4.69) is 79.8 Å². The molecule has 3 aromatic carbocycles. The summed E-state index contributed by atoms with van der Waals surface area (Å²) in [5, 5.41) is 0. The van der Waals surface area contributed by atoms with E-state index in [-0.39, 0.29) is 10.8 Å². The van der Waals surface area contributed by atoms with Gasteiger partial charge in [-0.15, -0.1) is 0 Å². The molecular weight excluding hydrogens is 452 g/mol. The molecule has 1 unspecified atom stereocenters. The van der Waals surface area contributed by atoms with Gasteiger partial charge in [0, 0.05) is 24.6 Å². The van der Waals surface area contributed by atoms with Gasteiger partial charge in [-0.3, -0.25) is 4.72 Å². The highest BCUT2D eigenvalue weighted by molar-refractivity contribution is 7.89. The Hall–Kier alpha value is -2.89. The predicted molar refractivity (Wildman–Crippen MR) is 145 cm³/mol. The van der Waals surface area contributed by atoms with Crippen molar-refractivity contribution in [1.82, 2.24) is 9.62 Å². The Morgan fingerprint density at radius 3 is 2.23 bits per heavy atom. The summed E-state index contributed by atoms with van der Waals surface area (Å²) in [5.74, 6) is 0.448. The molecule has 0 saturated heterocycles. The van der Waals surface area contributed by atoms with Crippen molar-refractivity contribution in [3.05, 3.63) is 100 Å². The molecule has 0 amide bonds. The van der Waals surface area contributed by atoms with Gasteiger partial charge in [0.1, 0.15) is 0 Å². The molecule has 0 aliphatic heterocycles. The van der Waals surface area contributed by atoms with E-state index in [0.29, 0.717) is 12.3 Å². The molecule has 0 aromatic heterocycles. The molecule has 0 bridgehead atoms. The van der Waals surface area contributed by atoms with Crippen molar-refractivity contribution >= 4 is 10.0 Å². The zero-order valence-electron chi connectivity index (χ0n) is 21.6. The van der Waals surface area contributed by atoms with Gasteiger partial charge in [0.15, 0.2) is 0 Å². The van der Waals surface area contributed by atoms with Crippen LogP contribution in [0.5, 0.6) is 0 Å². The Kier molecular flexibility index (Phi) is 7.20. The van der Waals surface area contributed by atoms with Crippen molar-refractivity contribution < 1.29 is 8.42 Å². The minimum Gasteiger partial charge on any atom is -0.305 e. The van der Waals surface area contributed by atoms with Crippen LogP contribution in [0.2, 0.25) is 0 Å². The first-order valence-electron chi connectivity index (χ1n) is 12.2. The van der Waals surface area contributed by atoms with Crippen LogP contribution in [0.4, 0.5) is 0 Å². The van der Waals surface area contributed by atoms with E-state index in [1.54, 1.807) is 12.1 Å². The summed E-state index contributed by atoms with van der Waals surface area (Å²) in [4.78, 5) is 2.35. The van der Waals surface area contributed by atoms with Crippen molar-refractivity contribution in [3.63, 3.8) is 0 Å². The number of allylic oxidation sites excluding steroid dienone is 2. The fraction of sp³-hybridized carbons (Fsp3) is 0.333. The van der Waals surface area contributed by atoms with Crippen LogP contribution in [-0.2, 0) is 23.0 Å². The summed E-state index contributed by atoms with van der Waals surface area (Å²) in [6, 6.07) is 20.3. The Balaban J connectivity index is 1.63. The topological polar surface area (TPSA) is 49.4 Å². The van der Waals surface area contributed by atoms with Gasteiger partial charge < -0.3 is 4.90 Å². The highest BCUT2D eigenvalue weighted by Crippen LogP contribution is 2.38. The Morgan fingerprint density at radius 2 is 1.63 bits per heavy atom. The highest BCUT2D eigenvalue weighted by Gasteiger charge is 2.25. The molecular formula is C30H36N2O2S. The number of aryl methyl sites for hydroxylation is 1. The van der Waals surface area contributed by atoms with Crippen molar-refractivity contribution in [2.45, 2.75) is 57.4 Å². The standard InChI is InChI=1S/C30H36N2O2S/c1-20(2)28-16-25(24-11-7-21(3)8-12-24)17-29-22(4)15-26(18-30(28)29)31-35(33,34)27-13-9-23(10-14-27)19-32(5)6/h7-17,20,22,31H,18-19H2,1-6H3. The van der Waals surface area contributed by atoms with Crippen molar-refractivity contribution in [2.75, 3.05) is 14.1 Å². The normalized spacial score (nSPS) is 15.8. The molecule has 5 heteroatoms. The zero-order chi connectivity index (χ0) is 25.3. The Bertz CT molecular complexity index is 1340. The van der Waals surface area contributed by atoms with Gasteiger partial charge in [0.2, 0.25) is 0 Å². The third kappa shape index (κ3) is 5.68. The van der Waals surface area contributed by atoms with Gasteiger partial charge in [0.25, 0.3) is 10.0 Å². The zero-order valence-corrected chi connectivity index (χ0v) is 22.4. The van der Waals surface area contributed by atoms with Crippen LogP contribution in [-0.4, -0.2) is 27.4 Å². The van der Waals surface area contributed by atoms with Gasteiger partial charge in [-0.25, -0.2) is 8.42 Å². The van der Waals surface area contributed by atoms with Crippen LogP contribution in [0.25, 0.3) is 11.1 Å². The smallest absolute Gasteiger partial charge is 0.261 e. The molecule has 1 atom stereocenters. The Labute approximate surface area is 210 Å². The Morgan fingerprint density at radius 1 is 0.971 bits per heavy atom. The largest absolute Gasteiger partial charge is 0.305 e. The molecule has 0 fully saturated rings. The van der Waals surface area contributed by atoms with E-state index in [9.17, 15) is 8.42 Å². The quantitative estimate of drug-likeness (QED) is 0.420. The second-order valence-corrected chi connectivity index (χ2v) is 12.0. The molecule has 184 valence electrons. The first kappa shape index (κ1) is 25.2. The monoisotopic (exact) mass is 488 g/mol. The van der Waals surface area contributed by atoms with E-state index in [4.69, 9.17) is 0 Å². The van der Waals surface area contributed by atoms with E-state index >= 15 is 0 Å². The number of hydrogen-bond acceptors (Lipinski definition) is 3. The molecule has 0 spiro atoms. The summed E-state index contributed by atoms with van der Waals surface area (Å²) >= 11 is 0. The van der Waals surface area contributed by atoms with Gasteiger partial charge in [0.05, 0.1) is 4.90 Å². The van der Waals surface area contributed by atoms with Crippen LogP contribution in [0.15, 0.2) is 77.3 Å². The maximum Gasteiger partial charge on any atom is 0.261 e. The molecule has 1 aliphatic rings. The van der Waals surface area contributed by atoms with Crippen molar-refractivity contribution in [2.24, 2.45) is 0 Å². The van der Waals surface area contributed by atoms with Crippen LogP contribution in [0, 0.1) is 6.92 Å². The SMILES string of the molecule is Cc1ccc(-c2cc(C(C)C)c3c(c2)C(C)C=C(NS(=O)(=O)c2ccc(CN(C)C)cc2)C3)cc1. The molecule has 4 rings (SSSR count). The molecule has 0 heterocycles. The first-order chi connectivity index (χ1) is 16.5. The molecule has 0 saturated carbocycles. The van der Waals surface area contributed by atoms with E-state index in [0.717, 1.165) is 17.8 Å². The number of nitrogens with one attached hydrogen (secondary N) is 1. The van der Waals surface area contributed by atoms with Crippen molar-refractivity contribution in [3.8, 4) is 11.1 Å². The number of hydrogen-bond donors (Lipinski definition) is 1. The minimum absolute atomic E-state index is 0.113. The fourth-order valence-corrected chi connectivity index (χ4v) is 5.94. The van der Waals surface area contributed by atoms with Gasteiger partial charge in [-0.2, -0.15) is 0 Å². The number of sulfonamides is 1. The van der Waals surface area contributed by atoms with Crippen LogP contribution in [0.1, 0.15) is 60.4 Å². The molecule has 0 radical (unpaired) electrons. The fourth-order valence-electron chi connectivity index (χ4n) is 4.84. The maximum atomic E-state index is 13.2. The molecule has 3 aromatic rings. The molecule has 1 N–H and O–H groups in total. The number of rotatable bonds is 7. The van der Waals surface area contributed by atoms with Gasteiger partial charge in [-0.05, 0) is 72.5 Å². The van der Waals surface area contributed by atoms with Crippen LogP contribution in [0.3, 0.4) is 0 Å². The number of nitrogens with zero attached hydrogens (tertiary/aromatic N) is 1. The van der Waals surface area contributed by atoms with E-state index < -0.39 is 10.0 Å². The van der Waals surface area contributed by atoms with Crippen LogP contribution >= 0.6 is 0 Å². The minimum atomic E-state index is -3.65. The average molecular weight is 489 g/mol. The third-order valence-electron chi connectivity index (χ3n) is 6.63. The molecule has 35 heavy (non-hydrogen) atoms. The number of fused-ring (bicyclic) bond motifs is 1. The summed E-state index contributed by atoms with van der Waals surface area (Å²) in [6.45, 7) is 9.43. The second kappa shape index (κ2) is 10.00. The predicted octanol–water partition coefficient (Wildman–Crippen LogP) is 6.37. The van der Waals surface area contributed by atoms with Gasteiger partial charge in [-0.1, -0.05) is 80.9 Å². The first-order valence-corrected chi connectivity index (χ1v) is 13.7. The summed E-state index contributed by atoms with van der Waals surface area (Å²) in [7, 11) is 0.341. The second-order valence-electron chi connectivity index (χ2n) is 10.3. The lowest BCUT2D eigenvalue weighted by molar-refractivity contribution is 0.402. The summed E-state index contributed by atoms with van der Waals surface area (Å²) in [5.41, 5.74) is 9.30. The highest BCUT2D eigenvalue weighted by atomic mass is 32.2. The van der Waals surface area contributed by atoms with E-state index in [1.807, 2.05) is 26.2 Å². The van der Waals surface area contributed by atoms with Gasteiger partial charge >= 0.3 is 0 Å². The molecule has 1 aliphatic carbocycles. The maximum absolute atomic E-state index is 13.2. The van der Waals surface area contributed by atoms with Crippen LogP contribution < -0.4 is 4.72 Å². The molecule has 4 nitrogen and oxygen atoms in total. The number of benzene rings is 3. The lowest BCUT2D eigenvalue weighted by Crippen LogP contribution is -2.27. The van der Waals surface area contributed by atoms with Crippen molar-refractivity contribution in [1.29, 1.82) is 0 Å². The summed E-state index contributed by atoms with van der Waals surface area (Å²) in [6.07, 6.45) is 2.64.